The number of hydrogen-bond acceptors (Lipinski definition) is 1. The summed E-state index contributed by atoms with van der Waals surface area (Å²) in [5, 5.41) is 3.72. The molecule has 1 aliphatic rings. The van der Waals surface area contributed by atoms with Gasteiger partial charge < -0.3 is 5.32 Å². The van der Waals surface area contributed by atoms with E-state index in [9.17, 15) is 0 Å². The van der Waals surface area contributed by atoms with Crippen molar-refractivity contribution in [2.75, 3.05) is 6.54 Å². The van der Waals surface area contributed by atoms with Crippen LogP contribution in [0.5, 0.6) is 0 Å². The molecule has 0 heterocycles. The van der Waals surface area contributed by atoms with Gasteiger partial charge in [-0.3, -0.25) is 0 Å². The van der Waals surface area contributed by atoms with Crippen molar-refractivity contribution in [3.05, 3.63) is 0 Å². The van der Waals surface area contributed by atoms with Crippen molar-refractivity contribution >= 4 is 0 Å². The topological polar surface area (TPSA) is 12.0 Å². The Labute approximate surface area is 83.3 Å². The van der Waals surface area contributed by atoms with Crippen molar-refractivity contribution in [3.8, 4) is 0 Å². The molecule has 1 N–H and O–H groups in total. The van der Waals surface area contributed by atoms with Crippen molar-refractivity contribution in [3.63, 3.8) is 0 Å². The van der Waals surface area contributed by atoms with Gasteiger partial charge in [0.2, 0.25) is 0 Å². The van der Waals surface area contributed by atoms with Crippen LogP contribution in [0.4, 0.5) is 0 Å². The molecule has 0 amide bonds. The fraction of sp³-hybridized carbons (Fsp3) is 1.00. The summed E-state index contributed by atoms with van der Waals surface area (Å²) in [4.78, 5) is 0. The zero-order valence-electron chi connectivity index (χ0n) is 9.47. The maximum atomic E-state index is 3.72. The highest BCUT2D eigenvalue weighted by Gasteiger charge is 2.29. The lowest BCUT2D eigenvalue weighted by Crippen LogP contribution is -2.44. The lowest BCUT2D eigenvalue weighted by atomic mass is 9.74. The third-order valence-electron chi connectivity index (χ3n) is 3.54. The van der Waals surface area contributed by atoms with E-state index in [1.54, 1.807) is 0 Å². The molecule has 1 nitrogen and oxygen atoms in total. The smallest absolute Gasteiger partial charge is 0.0121 e. The average molecular weight is 183 g/mol. The summed E-state index contributed by atoms with van der Waals surface area (Å²) in [6.07, 6.45) is 6.97. The molecule has 0 aromatic rings. The van der Waals surface area contributed by atoms with Gasteiger partial charge in [-0.05, 0) is 37.6 Å². The zero-order valence-corrected chi connectivity index (χ0v) is 9.47. The summed E-state index contributed by atoms with van der Waals surface area (Å²) < 4.78 is 0. The zero-order chi connectivity index (χ0) is 9.68. The van der Waals surface area contributed by atoms with Crippen LogP contribution in [0.25, 0.3) is 0 Å². The van der Waals surface area contributed by atoms with Gasteiger partial charge in [0.25, 0.3) is 0 Å². The number of nitrogens with one attached hydrogen (secondary N) is 1. The molecule has 1 heteroatoms. The lowest BCUT2D eigenvalue weighted by Gasteiger charge is -2.38. The van der Waals surface area contributed by atoms with Crippen molar-refractivity contribution in [2.45, 2.75) is 58.9 Å². The third kappa shape index (κ3) is 2.98. The SMILES string of the molecule is CCCNC(C(C)CC)C1CCC1. The first-order chi connectivity index (χ1) is 6.29. The molecule has 1 saturated carbocycles. The molecule has 1 rings (SSSR count). The van der Waals surface area contributed by atoms with Gasteiger partial charge in [-0.25, -0.2) is 0 Å². The number of rotatable bonds is 6. The summed E-state index contributed by atoms with van der Waals surface area (Å²) >= 11 is 0. The first-order valence-electron chi connectivity index (χ1n) is 6.03. The van der Waals surface area contributed by atoms with Gasteiger partial charge in [-0.15, -0.1) is 0 Å². The second-order valence-corrected chi connectivity index (χ2v) is 4.56. The van der Waals surface area contributed by atoms with E-state index < -0.39 is 0 Å². The first kappa shape index (κ1) is 11.0. The molecule has 0 radical (unpaired) electrons. The molecule has 0 aromatic heterocycles. The number of hydrogen-bond donors (Lipinski definition) is 1. The Bertz CT molecular complexity index is 124. The molecule has 0 aliphatic heterocycles. The average Bonchev–Trinajstić information content (AvgIpc) is 2.07. The standard InChI is InChI=1S/C12H25N/c1-4-9-13-12(10(3)5-2)11-7-6-8-11/h10-13H,4-9H2,1-3H3. The van der Waals surface area contributed by atoms with Crippen molar-refractivity contribution in [2.24, 2.45) is 11.8 Å². The van der Waals surface area contributed by atoms with E-state index in [1.807, 2.05) is 0 Å². The Morgan fingerprint density at radius 2 is 2.00 bits per heavy atom. The summed E-state index contributed by atoms with van der Waals surface area (Å²) in [6, 6.07) is 0.804. The lowest BCUT2D eigenvalue weighted by molar-refractivity contribution is 0.178. The van der Waals surface area contributed by atoms with Crippen LogP contribution in [0, 0.1) is 11.8 Å². The molecule has 13 heavy (non-hydrogen) atoms. The minimum absolute atomic E-state index is 0.804. The van der Waals surface area contributed by atoms with Crippen molar-refractivity contribution < 1.29 is 0 Å². The molecular formula is C12H25N. The monoisotopic (exact) mass is 183 g/mol. The molecule has 78 valence electrons. The van der Waals surface area contributed by atoms with Crippen LogP contribution in [0.15, 0.2) is 0 Å². The van der Waals surface area contributed by atoms with Gasteiger partial charge in [-0.2, -0.15) is 0 Å². The molecule has 2 unspecified atom stereocenters. The molecule has 2 atom stereocenters. The van der Waals surface area contributed by atoms with Crippen molar-refractivity contribution in [1.29, 1.82) is 0 Å². The Hall–Kier alpha value is -0.0400. The quantitative estimate of drug-likeness (QED) is 0.667. The first-order valence-corrected chi connectivity index (χ1v) is 6.03. The highest BCUT2D eigenvalue weighted by Crippen LogP contribution is 2.33. The minimum atomic E-state index is 0.804. The van der Waals surface area contributed by atoms with Gasteiger partial charge in [0.15, 0.2) is 0 Å². The van der Waals surface area contributed by atoms with Crippen LogP contribution in [-0.4, -0.2) is 12.6 Å². The Balaban J connectivity index is 2.33. The largest absolute Gasteiger partial charge is 0.313 e. The molecule has 0 bridgehead atoms. The molecule has 1 fully saturated rings. The van der Waals surface area contributed by atoms with Gasteiger partial charge >= 0.3 is 0 Å². The van der Waals surface area contributed by atoms with Crippen LogP contribution < -0.4 is 5.32 Å². The maximum absolute atomic E-state index is 3.72. The third-order valence-corrected chi connectivity index (χ3v) is 3.54. The van der Waals surface area contributed by atoms with Gasteiger partial charge in [0, 0.05) is 6.04 Å². The minimum Gasteiger partial charge on any atom is -0.313 e. The predicted octanol–water partition coefficient (Wildman–Crippen LogP) is 3.20. The molecule has 0 saturated heterocycles. The highest BCUT2D eigenvalue weighted by atomic mass is 14.9. The Morgan fingerprint density at radius 1 is 1.31 bits per heavy atom. The normalized spacial score (nSPS) is 22.4. The van der Waals surface area contributed by atoms with E-state index in [0.717, 1.165) is 17.9 Å². The Kier molecular flexibility index (Phi) is 4.79. The van der Waals surface area contributed by atoms with Gasteiger partial charge in [-0.1, -0.05) is 33.6 Å². The summed E-state index contributed by atoms with van der Waals surface area (Å²) in [5.74, 6) is 1.85. The molecular weight excluding hydrogens is 158 g/mol. The highest BCUT2D eigenvalue weighted by molar-refractivity contribution is 4.85. The van der Waals surface area contributed by atoms with Crippen LogP contribution in [0.2, 0.25) is 0 Å². The summed E-state index contributed by atoms with van der Waals surface area (Å²) in [6.45, 7) is 8.16. The van der Waals surface area contributed by atoms with Crippen LogP contribution in [-0.2, 0) is 0 Å². The fourth-order valence-corrected chi connectivity index (χ4v) is 2.20. The predicted molar refractivity (Wildman–Crippen MR) is 58.9 cm³/mol. The van der Waals surface area contributed by atoms with Crippen LogP contribution in [0.1, 0.15) is 52.9 Å². The van der Waals surface area contributed by atoms with E-state index in [-0.39, 0.29) is 0 Å². The van der Waals surface area contributed by atoms with Crippen LogP contribution >= 0.6 is 0 Å². The molecule has 1 aliphatic carbocycles. The summed E-state index contributed by atoms with van der Waals surface area (Å²) in [5.41, 5.74) is 0. The van der Waals surface area contributed by atoms with E-state index in [2.05, 4.69) is 26.1 Å². The second-order valence-electron chi connectivity index (χ2n) is 4.56. The molecule has 0 aromatic carbocycles. The van der Waals surface area contributed by atoms with E-state index in [0.29, 0.717) is 0 Å². The second kappa shape index (κ2) is 5.64. The van der Waals surface area contributed by atoms with E-state index in [1.165, 1.54) is 38.6 Å². The maximum Gasteiger partial charge on any atom is 0.0121 e. The van der Waals surface area contributed by atoms with Gasteiger partial charge in [0.1, 0.15) is 0 Å². The van der Waals surface area contributed by atoms with Gasteiger partial charge in [0.05, 0.1) is 0 Å². The molecule has 0 spiro atoms. The van der Waals surface area contributed by atoms with E-state index >= 15 is 0 Å². The Morgan fingerprint density at radius 3 is 2.38 bits per heavy atom. The summed E-state index contributed by atoms with van der Waals surface area (Å²) in [7, 11) is 0. The van der Waals surface area contributed by atoms with Crippen molar-refractivity contribution in [1.82, 2.24) is 5.32 Å². The fourth-order valence-electron chi connectivity index (χ4n) is 2.20. The van der Waals surface area contributed by atoms with Crippen LogP contribution in [0.3, 0.4) is 0 Å². The van der Waals surface area contributed by atoms with E-state index in [4.69, 9.17) is 0 Å².